The van der Waals surface area contributed by atoms with Crippen molar-refractivity contribution >= 4 is 23.3 Å². The number of hydrogen-bond donors (Lipinski definition) is 0. The van der Waals surface area contributed by atoms with E-state index in [1.54, 1.807) is 48.4 Å². The lowest BCUT2D eigenvalue weighted by Gasteiger charge is -2.40. The summed E-state index contributed by atoms with van der Waals surface area (Å²) >= 11 is 0. The van der Waals surface area contributed by atoms with Crippen molar-refractivity contribution in [1.82, 2.24) is 14.9 Å². The standard InChI is InChI=1S/C24H29N5O4/c1-27(2)23(30)17-13-28(14-17)21-7-5-18(11-25-21)29-10-9-20(24(29)31)33-19-6-8-22(26-12-19)32-15-16-3-4-16/h5-8,11-12,16-17,20H,3-4,9-10,13-15H2,1-2H3. The van der Waals surface area contributed by atoms with Gasteiger partial charge in [-0.15, -0.1) is 0 Å². The molecule has 2 amide bonds. The number of anilines is 2. The maximum Gasteiger partial charge on any atom is 0.268 e. The van der Waals surface area contributed by atoms with Gasteiger partial charge in [0.15, 0.2) is 6.10 Å². The Morgan fingerprint density at radius 3 is 2.55 bits per heavy atom. The zero-order chi connectivity index (χ0) is 22.9. The van der Waals surface area contributed by atoms with E-state index in [1.165, 1.54) is 12.8 Å². The van der Waals surface area contributed by atoms with Crippen LogP contribution in [-0.4, -0.2) is 73.1 Å². The first kappa shape index (κ1) is 21.5. The number of amides is 2. The van der Waals surface area contributed by atoms with Crippen LogP contribution < -0.4 is 19.3 Å². The summed E-state index contributed by atoms with van der Waals surface area (Å²) in [5.74, 6) is 2.71. The minimum absolute atomic E-state index is 0.0212. The van der Waals surface area contributed by atoms with Crippen LogP contribution in [-0.2, 0) is 9.59 Å². The van der Waals surface area contributed by atoms with E-state index in [2.05, 4.69) is 14.9 Å². The normalized spacial score (nSPS) is 20.5. The summed E-state index contributed by atoms with van der Waals surface area (Å²) in [4.78, 5) is 39.1. The number of rotatable bonds is 8. The van der Waals surface area contributed by atoms with Crippen LogP contribution >= 0.6 is 0 Å². The van der Waals surface area contributed by atoms with Gasteiger partial charge in [-0.25, -0.2) is 9.97 Å². The summed E-state index contributed by atoms with van der Waals surface area (Å²) in [5.41, 5.74) is 0.748. The molecule has 9 nitrogen and oxygen atoms in total. The second kappa shape index (κ2) is 8.88. The highest BCUT2D eigenvalue weighted by Crippen LogP contribution is 2.30. The van der Waals surface area contributed by atoms with Crippen LogP contribution in [0.3, 0.4) is 0 Å². The molecule has 2 aromatic heterocycles. The highest BCUT2D eigenvalue weighted by atomic mass is 16.5. The third kappa shape index (κ3) is 4.72. The Morgan fingerprint density at radius 2 is 1.91 bits per heavy atom. The maximum absolute atomic E-state index is 12.9. The third-order valence-corrected chi connectivity index (χ3v) is 6.35. The zero-order valence-electron chi connectivity index (χ0n) is 19.0. The zero-order valence-corrected chi connectivity index (χ0v) is 19.0. The number of ether oxygens (including phenoxy) is 2. The van der Waals surface area contributed by atoms with Gasteiger partial charge < -0.3 is 24.2 Å². The van der Waals surface area contributed by atoms with Crippen molar-refractivity contribution in [1.29, 1.82) is 0 Å². The Bertz CT molecular complexity index is 1000. The number of pyridine rings is 2. The molecular formula is C24H29N5O4. The van der Waals surface area contributed by atoms with Gasteiger partial charge in [-0.05, 0) is 37.0 Å². The lowest BCUT2D eigenvalue weighted by molar-refractivity contribution is -0.133. The Kier molecular flexibility index (Phi) is 5.78. The van der Waals surface area contributed by atoms with Crippen LogP contribution in [0.2, 0.25) is 0 Å². The van der Waals surface area contributed by atoms with Gasteiger partial charge in [-0.2, -0.15) is 0 Å². The topological polar surface area (TPSA) is 88.1 Å². The minimum atomic E-state index is -0.544. The second-order valence-corrected chi connectivity index (χ2v) is 9.18. The quantitative estimate of drug-likeness (QED) is 0.606. The molecule has 0 aromatic carbocycles. The molecule has 33 heavy (non-hydrogen) atoms. The van der Waals surface area contributed by atoms with E-state index in [1.807, 2.05) is 12.1 Å². The molecule has 2 aliphatic heterocycles. The molecule has 5 rings (SSSR count). The highest BCUT2D eigenvalue weighted by Gasteiger charge is 2.36. The fourth-order valence-electron chi connectivity index (χ4n) is 4.11. The summed E-state index contributed by atoms with van der Waals surface area (Å²) in [5, 5.41) is 0. The fraction of sp³-hybridized carbons (Fsp3) is 0.500. The third-order valence-electron chi connectivity index (χ3n) is 6.35. The van der Waals surface area contributed by atoms with Crippen molar-refractivity contribution in [3.8, 4) is 11.6 Å². The first-order chi connectivity index (χ1) is 16.0. The summed E-state index contributed by atoms with van der Waals surface area (Å²) < 4.78 is 11.5. The number of nitrogens with zero attached hydrogens (tertiary/aromatic N) is 5. The van der Waals surface area contributed by atoms with Crippen LogP contribution in [0.4, 0.5) is 11.5 Å². The van der Waals surface area contributed by atoms with Gasteiger partial charge in [-0.3, -0.25) is 9.59 Å². The first-order valence-corrected chi connectivity index (χ1v) is 11.5. The van der Waals surface area contributed by atoms with Gasteiger partial charge in [-0.1, -0.05) is 0 Å². The molecule has 0 bridgehead atoms. The second-order valence-electron chi connectivity index (χ2n) is 9.18. The number of aromatic nitrogens is 2. The molecule has 0 N–H and O–H groups in total. The number of hydrogen-bond acceptors (Lipinski definition) is 7. The minimum Gasteiger partial charge on any atom is -0.479 e. The van der Waals surface area contributed by atoms with Gasteiger partial charge in [0.25, 0.3) is 5.91 Å². The molecule has 3 aliphatic rings. The van der Waals surface area contributed by atoms with Gasteiger partial charge in [0, 0.05) is 46.2 Å². The maximum atomic E-state index is 12.9. The predicted molar refractivity (Wildman–Crippen MR) is 122 cm³/mol. The van der Waals surface area contributed by atoms with E-state index < -0.39 is 6.10 Å². The van der Waals surface area contributed by atoms with Gasteiger partial charge in [0.2, 0.25) is 11.8 Å². The summed E-state index contributed by atoms with van der Waals surface area (Å²) in [7, 11) is 3.55. The van der Waals surface area contributed by atoms with Gasteiger partial charge in [0.05, 0.1) is 30.6 Å². The van der Waals surface area contributed by atoms with Crippen LogP contribution in [0.25, 0.3) is 0 Å². The van der Waals surface area contributed by atoms with Gasteiger partial charge in [0.1, 0.15) is 11.6 Å². The Balaban J connectivity index is 1.14. The molecular weight excluding hydrogens is 422 g/mol. The smallest absolute Gasteiger partial charge is 0.268 e. The molecule has 3 fully saturated rings. The van der Waals surface area contributed by atoms with E-state index in [0.717, 1.165) is 11.5 Å². The predicted octanol–water partition coefficient (Wildman–Crippen LogP) is 1.97. The highest BCUT2D eigenvalue weighted by molar-refractivity contribution is 5.99. The largest absolute Gasteiger partial charge is 0.479 e. The molecule has 0 spiro atoms. The van der Waals surface area contributed by atoms with Gasteiger partial charge >= 0.3 is 0 Å². The molecule has 2 saturated heterocycles. The molecule has 1 aliphatic carbocycles. The lowest BCUT2D eigenvalue weighted by atomic mass is 9.99. The molecule has 1 atom stereocenters. The molecule has 174 valence electrons. The van der Waals surface area contributed by atoms with E-state index in [9.17, 15) is 9.59 Å². The Hall–Kier alpha value is -3.36. The monoisotopic (exact) mass is 451 g/mol. The number of carbonyl (C=O) groups excluding carboxylic acids is 2. The lowest BCUT2D eigenvalue weighted by Crippen LogP contribution is -2.53. The summed E-state index contributed by atoms with van der Waals surface area (Å²) in [6.45, 7) is 2.62. The number of carbonyl (C=O) groups is 2. The van der Waals surface area contributed by atoms with Crippen LogP contribution in [0.5, 0.6) is 11.6 Å². The Labute approximate surface area is 193 Å². The van der Waals surface area contributed by atoms with Crippen molar-refractivity contribution in [3.05, 3.63) is 36.7 Å². The summed E-state index contributed by atoms with van der Waals surface area (Å²) in [6, 6.07) is 7.38. The van der Waals surface area contributed by atoms with E-state index in [4.69, 9.17) is 9.47 Å². The molecule has 2 aromatic rings. The van der Waals surface area contributed by atoms with Crippen molar-refractivity contribution in [2.75, 3.05) is 50.1 Å². The molecule has 1 unspecified atom stereocenters. The van der Waals surface area contributed by atoms with E-state index in [-0.39, 0.29) is 17.7 Å². The summed E-state index contributed by atoms with van der Waals surface area (Å²) in [6.07, 6.45) is 5.84. The average Bonchev–Trinajstić information content (AvgIpc) is 3.55. The van der Waals surface area contributed by atoms with Crippen LogP contribution in [0.15, 0.2) is 36.7 Å². The van der Waals surface area contributed by atoms with Crippen molar-refractivity contribution in [2.24, 2.45) is 11.8 Å². The van der Waals surface area contributed by atoms with E-state index >= 15 is 0 Å². The molecule has 0 radical (unpaired) electrons. The first-order valence-electron chi connectivity index (χ1n) is 11.5. The average molecular weight is 452 g/mol. The van der Waals surface area contributed by atoms with Crippen LogP contribution in [0.1, 0.15) is 19.3 Å². The van der Waals surface area contributed by atoms with Crippen molar-refractivity contribution in [2.45, 2.75) is 25.4 Å². The fourth-order valence-corrected chi connectivity index (χ4v) is 4.11. The van der Waals surface area contributed by atoms with Crippen LogP contribution in [0, 0.1) is 11.8 Å². The Morgan fingerprint density at radius 1 is 1.09 bits per heavy atom. The molecule has 4 heterocycles. The van der Waals surface area contributed by atoms with Crippen molar-refractivity contribution < 1.29 is 19.1 Å². The SMILES string of the molecule is CN(C)C(=O)C1CN(c2ccc(N3CCC(Oc4ccc(OCC5CC5)nc4)C3=O)cn2)C1. The van der Waals surface area contributed by atoms with E-state index in [0.29, 0.717) is 50.2 Å². The molecule has 1 saturated carbocycles. The van der Waals surface area contributed by atoms with Crippen molar-refractivity contribution in [3.63, 3.8) is 0 Å². The molecule has 9 heteroatoms.